The fourth-order valence-corrected chi connectivity index (χ4v) is 4.29. The number of ether oxygens (including phenoxy) is 1. The molecule has 5 rings (SSSR count). The molecule has 0 aliphatic carbocycles. The summed E-state index contributed by atoms with van der Waals surface area (Å²) in [6.07, 6.45) is 2.83. The van der Waals surface area contributed by atoms with Crippen LogP contribution in [0.3, 0.4) is 0 Å². The molecule has 0 bridgehead atoms. The molecule has 4 aromatic rings. The minimum Gasteiger partial charge on any atom is -0.466 e. The number of aromatic nitrogens is 6. The Bertz CT molecular complexity index is 1300. The lowest BCUT2D eigenvalue weighted by atomic mass is 9.98. The molecular weight excluding hydrogens is 434 g/mol. The molecule has 1 atom stereocenters. The summed E-state index contributed by atoms with van der Waals surface area (Å²) in [6, 6.07) is 11.8. The minimum absolute atomic E-state index is 0.133. The summed E-state index contributed by atoms with van der Waals surface area (Å²) in [5.41, 5.74) is 2.72. The molecule has 34 heavy (non-hydrogen) atoms. The van der Waals surface area contributed by atoms with Crippen molar-refractivity contribution in [2.24, 2.45) is 5.92 Å². The second-order valence-electron chi connectivity index (χ2n) is 8.44. The zero-order valence-electron chi connectivity index (χ0n) is 19.3. The zero-order valence-corrected chi connectivity index (χ0v) is 19.3. The van der Waals surface area contributed by atoms with Crippen molar-refractivity contribution < 1.29 is 14.1 Å². The molecule has 0 unspecified atom stereocenters. The number of hydrogen-bond acceptors (Lipinski definition) is 9. The standard InChI is InChI=1S/C24H27N7O3/c1-3-33-24(32)17-8-6-14-30(15-17)21-11-10-19-26-27-20(31(19)28-21)12-13-22-25-23(29-34-22)18-9-5-4-7-16(18)2/h4-5,7,9-11,17H,3,6,8,12-15H2,1-2H3/t17-/m1/s1. The van der Waals surface area contributed by atoms with E-state index in [1.807, 2.05) is 50.2 Å². The number of esters is 1. The minimum atomic E-state index is -0.136. The van der Waals surface area contributed by atoms with Gasteiger partial charge in [-0.1, -0.05) is 29.4 Å². The van der Waals surface area contributed by atoms with Gasteiger partial charge in [0, 0.05) is 31.5 Å². The average Bonchev–Trinajstić information content (AvgIpc) is 3.50. The fourth-order valence-electron chi connectivity index (χ4n) is 4.29. The third kappa shape index (κ3) is 4.48. The number of carbonyl (C=O) groups excluding carboxylic acids is 1. The first-order chi connectivity index (χ1) is 16.6. The molecule has 3 aromatic heterocycles. The van der Waals surface area contributed by atoms with Crippen molar-refractivity contribution in [1.29, 1.82) is 0 Å². The molecule has 0 spiro atoms. The van der Waals surface area contributed by atoms with Crippen LogP contribution >= 0.6 is 0 Å². The summed E-state index contributed by atoms with van der Waals surface area (Å²) in [5, 5.41) is 17.5. The molecule has 1 aliphatic rings. The van der Waals surface area contributed by atoms with Crippen molar-refractivity contribution in [3.05, 3.63) is 53.7 Å². The molecule has 10 nitrogen and oxygen atoms in total. The maximum Gasteiger partial charge on any atom is 0.310 e. The Morgan fingerprint density at radius 3 is 2.91 bits per heavy atom. The van der Waals surface area contributed by atoms with Crippen molar-refractivity contribution in [2.45, 2.75) is 39.5 Å². The van der Waals surface area contributed by atoms with Crippen molar-refractivity contribution in [3.63, 3.8) is 0 Å². The van der Waals surface area contributed by atoms with Crippen molar-refractivity contribution in [3.8, 4) is 11.4 Å². The molecule has 0 amide bonds. The zero-order chi connectivity index (χ0) is 23.5. The van der Waals surface area contributed by atoms with E-state index in [-0.39, 0.29) is 11.9 Å². The summed E-state index contributed by atoms with van der Waals surface area (Å²) in [4.78, 5) is 18.9. The maximum absolute atomic E-state index is 12.2. The number of anilines is 1. The van der Waals surface area contributed by atoms with Crippen LogP contribution in [0.15, 0.2) is 40.9 Å². The van der Waals surface area contributed by atoms with E-state index in [1.54, 1.807) is 4.52 Å². The Balaban J connectivity index is 1.30. The van der Waals surface area contributed by atoms with Gasteiger partial charge in [-0.2, -0.15) is 9.50 Å². The lowest BCUT2D eigenvalue weighted by molar-refractivity contribution is -0.148. The molecule has 10 heteroatoms. The van der Waals surface area contributed by atoms with Crippen LogP contribution in [-0.4, -0.2) is 55.6 Å². The van der Waals surface area contributed by atoms with Gasteiger partial charge in [-0.15, -0.1) is 15.3 Å². The van der Waals surface area contributed by atoms with E-state index < -0.39 is 0 Å². The summed E-state index contributed by atoms with van der Waals surface area (Å²) >= 11 is 0. The maximum atomic E-state index is 12.2. The van der Waals surface area contributed by atoms with Crippen LogP contribution in [0.4, 0.5) is 5.82 Å². The first-order valence-corrected chi connectivity index (χ1v) is 11.6. The van der Waals surface area contributed by atoms with Crippen LogP contribution in [-0.2, 0) is 22.4 Å². The third-order valence-electron chi connectivity index (χ3n) is 6.10. The first-order valence-electron chi connectivity index (χ1n) is 11.6. The van der Waals surface area contributed by atoms with Crippen LogP contribution in [0.2, 0.25) is 0 Å². The van der Waals surface area contributed by atoms with Crippen LogP contribution in [0.25, 0.3) is 17.0 Å². The van der Waals surface area contributed by atoms with Crippen LogP contribution in [0, 0.1) is 12.8 Å². The molecule has 0 radical (unpaired) electrons. The van der Waals surface area contributed by atoms with Gasteiger partial charge in [0.2, 0.25) is 11.7 Å². The Morgan fingerprint density at radius 2 is 2.06 bits per heavy atom. The smallest absolute Gasteiger partial charge is 0.310 e. The number of benzene rings is 1. The Labute approximate surface area is 196 Å². The average molecular weight is 462 g/mol. The van der Waals surface area contributed by atoms with E-state index in [0.717, 1.165) is 36.3 Å². The van der Waals surface area contributed by atoms with Gasteiger partial charge in [0.25, 0.3) is 0 Å². The summed E-state index contributed by atoms with van der Waals surface area (Å²) in [6.45, 7) is 5.69. The highest BCUT2D eigenvalue weighted by atomic mass is 16.5. The van der Waals surface area contributed by atoms with E-state index in [4.69, 9.17) is 14.4 Å². The highest BCUT2D eigenvalue weighted by Crippen LogP contribution is 2.23. The number of fused-ring (bicyclic) bond motifs is 1. The normalized spacial score (nSPS) is 16.2. The highest BCUT2D eigenvalue weighted by molar-refractivity contribution is 5.73. The topological polar surface area (TPSA) is 112 Å². The largest absolute Gasteiger partial charge is 0.466 e. The predicted octanol–water partition coefficient (Wildman–Crippen LogP) is 3.05. The van der Waals surface area contributed by atoms with E-state index in [0.29, 0.717) is 49.2 Å². The second-order valence-corrected chi connectivity index (χ2v) is 8.44. The number of rotatable bonds is 7. The summed E-state index contributed by atoms with van der Waals surface area (Å²) in [7, 11) is 0. The van der Waals surface area contributed by atoms with E-state index in [1.165, 1.54) is 0 Å². The van der Waals surface area contributed by atoms with Gasteiger partial charge in [-0.25, -0.2) is 0 Å². The van der Waals surface area contributed by atoms with Gasteiger partial charge < -0.3 is 14.2 Å². The molecule has 1 saturated heterocycles. The van der Waals surface area contributed by atoms with Gasteiger partial charge in [-0.3, -0.25) is 4.79 Å². The number of aryl methyl sites for hydroxylation is 3. The molecule has 4 heterocycles. The number of piperidine rings is 1. The third-order valence-corrected chi connectivity index (χ3v) is 6.10. The quantitative estimate of drug-likeness (QED) is 0.383. The Hall–Kier alpha value is -3.82. The van der Waals surface area contributed by atoms with E-state index >= 15 is 0 Å². The lowest BCUT2D eigenvalue weighted by Gasteiger charge is -2.32. The monoisotopic (exact) mass is 461 g/mol. The Kier molecular flexibility index (Phi) is 6.20. The van der Waals surface area contributed by atoms with E-state index in [2.05, 4.69) is 25.2 Å². The summed E-state index contributed by atoms with van der Waals surface area (Å²) < 4.78 is 12.4. The van der Waals surface area contributed by atoms with Gasteiger partial charge in [0.1, 0.15) is 5.82 Å². The van der Waals surface area contributed by atoms with Crippen LogP contribution in [0.1, 0.15) is 37.0 Å². The lowest BCUT2D eigenvalue weighted by Crippen LogP contribution is -2.40. The van der Waals surface area contributed by atoms with E-state index in [9.17, 15) is 4.79 Å². The SMILES string of the molecule is CCOC(=O)[C@@H]1CCCN(c2ccc3nnc(CCc4nc(-c5ccccc5C)no4)n3n2)C1. The van der Waals surface area contributed by atoms with Crippen molar-refractivity contribution in [2.75, 3.05) is 24.6 Å². The molecule has 1 aromatic carbocycles. The van der Waals surface area contributed by atoms with Crippen LogP contribution in [0.5, 0.6) is 0 Å². The second kappa shape index (κ2) is 9.58. The summed E-state index contributed by atoms with van der Waals surface area (Å²) in [5.74, 6) is 2.36. The van der Waals surface area contributed by atoms with Gasteiger partial charge in [0.15, 0.2) is 11.5 Å². The molecule has 0 saturated carbocycles. The van der Waals surface area contributed by atoms with Crippen molar-refractivity contribution in [1.82, 2.24) is 30.0 Å². The first kappa shape index (κ1) is 22.0. The van der Waals surface area contributed by atoms with Gasteiger partial charge >= 0.3 is 5.97 Å². The van der Waals surface area contributed by atoms with Crippen molar-refractivity contribution >= 4 is 17.4 Å². The van der Waals surface area contributed by atoms with Crippen LogP contribution < -0.4 is 4.90 Å². The van der Waals surface area contributed by atoms with Gasteiger partial charge in [0.05, 0.1) is 12.5 Å². The number of nitrogens with zero attached hydrogens (tertiary/aromatic N) is 7. The Morgan fingerprint density at radius 1 is 1.18 bits per heavy atom. The highest BCUT2D eigenvalue weighted by Gasteiger charge is 2.28. The predicted molar refractivity (Wildman–Crippen MR) is 124 cm³/mol. The number of hydrogen-bond donors (Lipinski definition) is 0. The van der Waals surface area contributed by atoms with Gasteiger partial charge in [-0.05, 0) is 44.4 Å². The molecule has 176 valence electrons. The molecule has 1 aliphatic heterocycles. The molecule has 1 fully saturated rings. The fraction of sp³-hybridized carbons (Fsp3) is 0.417. The molecular formula is C24H27N7O3. The number of carbonyl (C=O) groups is 1. The molecule has 0 N–H and O–H groups in total.